The molecule has 0 aliphatic rings. The Balaban J connectivity index is 1.75. The van der Waals surface area contributed by atoms with Crippen molar-refractivity contribution in [3.8, 4) is 11.1 Å². The summed E-state index contributed by atoms with van der Waals surface area (Å²) in [6.45, 7) is 0. The van der Waals surface area contributed by atoms with E-state index in [0.717, 1.165) is 34.9 Å². The predicted molar refractivity (Wildman–Crippen MR) is 110 cm³/mol. The summed E-state index contributed by atoms with van der Waals surface area (Å²) in [7, 11) is 1.18. The molecule has 0 heterocycles. The summed E-state index contributed by atoms with van der Waals surface area (Å²) in [6.07, 6.45) is -4.44. The van der Waals surface area contributed by atoms with Crippen molar-refractivity contribution >= 4 is 11.9 Å². The molecule has 7 heteroatoms. The van der Waals surface area contributed by atoms with Crippen LogP contribution in [0.5, 0.6) is 0 Å². The Morgan fingerprint density at radius 3 is 2.16 bits per heavy atom. The molecule has 160 valence electrons. The molecule has 0 spiro atoms. The van der Waals surface area contributed by atoms with Crippen LogP contribution in [0.2, 0.25) is 0 Å². The molecule has 0 fully saturated rings. The first-order valence-electron chi connectivity index (χ1n) is 9.48. The van der Waals surface area contributed by atoms with Crippen LogP contribution in [0.3, 0.4) is 0 Å². The van der Waals surface area contributed by atoms with Crippen molar-refractivity contribution in [2.24, 2.45) is 0 Å². The molecule has 0 saturated carbocycles. The van der Waals surface area contributed by atoms with Gasteiger partial charge in [0, 0.05) is 12.0 Å². The summed E-state index contributed by atoms with van der Waals surface area (Å²) >= 11 is 0. The maximum absolute atomic E-state index is 12.9. The third kappa shape index (κ3) is 5.72. The van der Waals surface area contributed by atoms with Crippen LogP contribution in [0.1, 0.15) is 21.5 Å². The molecule has 1 atom stereocenters. The average molecular weight is 427 g/mol. The molecule has 0 unspecified atom stereocenters. The van der Waals surface area contributed by atoms with E-state index in [1.807, 2.05) is 54.6 Å². The van der Waals surface area contributed by atoms with Crippen molar-refractivity contribution in [3.05, 3.63) is 95.6 Å². The first-order valence-corrected chi connectivity index (χ1v) is 9.48. The second-order valence-electron chi connectivity index (χ2n) is 6.89. The van der Waals surface area contributed by atoms with Crippen LogP contribution in [0.15, 0.2) is 78.9 Å². The molecule has 0 bridgehead atoms. The number of esters is 1. The van der Waals surface area contributed by atoms with Gasteiger partial charge in [0.2, 0.25) is 0 Å². The molecular weight excluding hydrogens is 407 g/mol. The number of hydrogen-bond donors (Lipinski definition) is 1. The number of halogens is 3. The van der Waals surface area contributed by atoms with Gasteiger partial charge in [-0.2, -0.15) is 13.2 Å². The third-order valence-corrected chi connectivity index (χ3v) is 4.74. The topological polar surface area (TPSA) is 55.4 Å². The molecule has 0 aliphatic heterocycles. The fraction of sp³-hybridized carbons (Fsp3) is 0.167. The number of ether oxygens (including phenoxy) is 1. The zero-order valence-electron chi connectivity index (χ0n) is 16.6. The molecule has 1 N–H and O–H groups in total. The van der Waals surface area contributed by atoms with Gasteiger partial charge < -0.3 is 10.1 Å². The van der Waals surface area contributed by atoms with Crippen molar-refractivity contribution in [2.75, 3.05) is 7.11 Å². The lowest BCUT2D eigenvalue weighted by molar-refractivity contribution is -0.143. The minimum absolute atomic E-state index is 0.131. The van der Waals surface area contributed by atoms with Crippen molar-refractivity contribution < 1.29 is 27.5 Å². The highest BCUT2D eigenvalue weighted by atomic mass is 19.4. The fourth-order valence-electron chi connectivity index (χ4n) is 3.11. The van der Waals surface area contributed by atoms with E-state index in [-0.39, 0.29) is 12.0 Å². The smallest absolute Gasteiger partial charge is 0.416 e. The summed E-state index contributed by atoms with van der Waals surface area (Å²) in [4.78, 5) is 24.7. The van der Waals surface area contributed by atoms with E-state index in [1.54, 1.807) is 0 Å². The Kier molecular flexibility index (Phi) is 6.74. The normalized spacial score (nSPS) is 12.1. The van der Waals surface area contributed by atoms with E-state index >= 15 is 0 Å². The highest BCUT2D eigenvalue weighted by molar-refractivity contribution is 5.97. The van der Waals surface area contributed by atoms with E-state index < -0.39 is 29.7 Å². The van der Waals surface area contributed by atoms with Crippen LogP contribution in [-0.2, 0) is 22.1 Å². The van der Waals surface area contributed by atoms with Gasteiger partial charge >= 0.3 is 12.1 Å². The van der Waals surface area contributed by atoms with Gasteiger partial charge in [-0.1, -0.05) is 60.7 Å². The zero-order valence-corrected chi connectivity index (χ0v) is 16.6. The lowest BCUT2D eigenvalue weighted by Gasteiger charge is -2.17. The van der Waals surface area contributed by atoms with Gasteiger partial charge in [0.15, 0.2) is 0 Å². The predicted octanol–water partition coefficient (Wildman–Crippen LogP) is 4.89. The Labute approximate surface area is 177 Å². The van der Waals surface area contributed by atoms with E-state index in [4.69, 9.17) is 4.74 Å². The standard InChI is InChI=1S/C24H20F3NO3/c1-31-23(30)21(28-22(29)19-8-5-9-20(15-19)24(25,26)27)14-16-10-12-18(13-11-16)17-6-3-2-4-7-17/h2-13,15,21H,14H2,1H3,(H,28,29)/t21-/m1/s1. The van der Waals surface area contributed by atoms with Gasteiger partial charge in [0.25, 0.3) is 5.91 Å². The number of rotatable bonds is 6. The Morgan fingerprint density at radius 2 is 1.55 bits per heavy atom. The lowest BCUT2D eigenvalue weighted by atomic mass is 10.0. The average Bonchev–Trinajstić information content (AvgIpc) is 2.78. The summed E-state index contributed by atoms with van der Waals surface area (Å²) < 4.78 is 43.5. The molecule has 4 nitrogen and oxygen atoms in total. The van der Waals surface area contributed by atoms with Crippen molar-refractivity contribution in [1.82, 2.24) is 5.32 Å². The van der Waals surface area contributed by atoms with Gasteiger partial charge in [-0.3, -0.25) is 4.79 Å². The van der Waals surface area contributed by atoms with Crippen LogP contribution < -0.4 is 5.32 Å². The maximum atomic E-state index is 12.9. The molecule has 0 aromatic heterocycles. The molecule has 3 aromatic rings. The van der Waals surface area contributed by atoms with Crippen LogP contribution in [-0.4, -0.2) is 25.0 Å². The van der Waals surface area contributed by atoms with Crippen molar-refractivity contribution in [2.45, 2.75) is 18.6 Å². The van der Waals surface area contributed by atoms with E-state index in [0.29, 0.717) is 0 Å². The van der Waals surface area contributed by atoms with Gasteiger partial charge in [0.1, 0.15) is 6.04 Å². The second-order valence-corrected chi connectivity index (χ2v) is 6.89. The molecule has 0 aliphatic carbocycles. The maximum Gasteiger partial charge on any atom is 0.416 e. The van der Waals surface area contributed by atoms with Gasteiger partial charge in [-0.15, -0.1) is 0 Å². The molecule has 3 rings (SSSR count). The van der Waals surface area contributed by atoms with Crippen LogP contribution in [0.4, 0.5) is 13.2 Å². The Bertz CT molecular complexity index is 1050. The first-order chi connectivity index (χ1) is 14.8. The number of hydrogen-bond acceptors (Lipinski definition) is 3. The second kappa shape index (κ2) is 9.47. The number of methoxy groups -OCH3 is 1. The van der Waals surface area contributed by atoms with Crippen LogP contribution >= 0.6 is 0 Å². The summed E-state index contributed by atoms with van der Waals surface area (Å²) in [6, 6.07) is 20.2. The summed E-state index contributed by atoms with van der Waals surface area (Å²) in [5.41, 5.74) is 1.66. The molecule has 0 saturated heterocycles. The highest BCUT2D eigenvalue weighted by Gasteiger charge is 2.31. The number of carbonyl (C=O) groups is 2. The summed E-state index contributed by atoms with van der Waals surface area (Å²) in [5, 5.41) is 2.48. The largest absolute Gasteiger partial charge is 0.467 e. The van der Waals surface area contributed by atoms with Crippen molar-refractivity contribution in [3.63, 3.8) is 0 Å². The molecule has 3 aromatic carbocycles. The van der Waals surface area contributed by atoms with Crippen LogP contribution in [0.25, 0.3) is 11.1 Å². The lowest BCUT2D eigenvalue weighted by Crippen LogP contribution is -2.43. The number of alkyl halides is 3. The van der Waals surface area contributed by atoms with E-state index in [1.165, 1.54) is 13.2 Å². The fourth-order valence-corrected chi connectivity index (χ4v) is 3.11. The van der Waals surface area contributed by atoms with Gasteiger partial charge in [-0.05, 0) is 34.9 Å². The Hall–Kier alpha value is -3.61. The van der Waals surface area contributed by atoms with Crippen molar-refractivity contribution in [1.29, 1.82) is 0 Å². The molecule has 0 radical (unpaired) electrons. The zero-order chi connectivity index (χ0) is 22.4. The third-order valence-electron chi connectivity index (χ3n) is 4.74. The first kappa shape index (κ1) is 22.1. The monoisotopic (exact) mass is 427 g/mol. The van der Waals surface area contributed by atoms with E-state index in [2.05, 4.69) is 5.32 Å². The minimum atomic E-state index is -4.57. The van der Waals surface area contributed by atoms with Gasteiger partial charge in [0.05, 0.1) is 12.7 Å². The number of nitrogens with one attached hydrogen (secondary N) is 1. The van der Waals surface area contributed by atoms with Gasteiger partial charge in [-0.25, -0.2) is 4.79 Å². The minimum Gasteiger partial charge on any atom is -0.467 e. The number of amides is 1. The summed E-state index contributed by atoms with van der Waals surface area (Å²) in [5.74, 6) is -1.48. The molecule has 1 amide bonds. The highest BCUT2D eigenvalue weighted by Crippen LogP contribution is 2.29. The number of benzene rings is 3. The number of carbonyl (C=O) groups excluding carboxylic acids is 2. The molecule has 31 heavy (non-hydrogen) atoms. The van der Waals surface area contributed by atoms with Crippen LogP contribution in [0, 0.1) is 0 Å². The quantitative estimate of drug-likeness (QED) is 0.570. The van der Waals surface area contributed by atoms with E-state index in [9.17, 15) is 22.8 Å². The SMILES string of the molecule is COC(=O)[C@@H](Cc1ccc(-c2ccccc2)cc1)NC(=O)c1cccc(C(F)(F)F)c1. The molecular formula is C24H20F3NO3. The Morgan fingerprint density at radius 1 is 0.903 bits per heavy atom.